The van der Waals surface area contributed by atoms with Crippen LogP contribution in [0.4, 0.5) is 5.82 Å². The highest BCUT2D eigenvalue weighted by molar-refractivity contribution is 7.20. The second-order valence-corrected chi connectivity index (χ2v) is 8.72. The van der Waals surface area contributed by atoms with Crippen LogP contribution in [0.25, 0.3) is 10.2 Å². The molecule has 6 nitrogen and oxygen atoms in total. The van der Waals surface area contributed by atoms with Gasteiger partial charge in [0.1, 0.15) is 17.0 Å². The van der Waals surface area contributed by atoms with Gasteiger partial charge in [0.05, 0.1) is 10.3 Å². The van der Waals surface area contributed by atoms with Crippen LogP contribution in [0.5, 0.6) is 0 Å². The molecule has 0 aromatic carbocycles. The lowest BCUT2D eigenvalue weighted by atomic mass is 10.00. The third-order valence-electron chi connectivity index (χ3n) is 5.65. The Balaban J connectivity index is 1.68. The fourth-order valence-electron chi connectivity index (χ4n) is 4.03. The van der Waals surface area contributed by atoms with E-state index in [4.69, 9.17) is 0 Å². The maximum absolute atomic E-state index is 13.1. The minimum atomic E-state index is 0.168. The Morgan fingerprint density at radius 2 is 1.96 bits per heavy atom. The average Bonchev–Trinajstić information content (AvgIpc) is 2.99. The Morgan fingerprint density at radius 1 is 1.19 bits per heavy atom. The lowest BCUT2D eigenvalue weighted by molar-refractivity contribution is 0.0687. The summed E-state index contributed by atoms with van der Waals surface area (Å²) in [5.41, 5.74) is 1.04. The van der Waals surface area contributed by atoms with Crippen molar-refractivity contribution in [2.45, 2.75) is 26.7 Å². The van der Waals surface area contributed by atoms with E-state index < -0.39 is 0 Å². The number of thiophene rings is 1. The number of carbonyl (C=O) groups excluding carboxylic acids is 1. The molecule has 2 saturated heterocycles. The normalized spacial score (nSPS) is 22.2. The molecule has 4 heterocycles. The third kappa shape index (κ3) is 3.18. The highest BCUT2D eigenvalue weighted by Crippen LogP contribution is 2.36. The molecule has 0 saturated carbocycles. The van der Waals surface area contributed by atoms with E-state index in [0.717, 1.165) is 72.2 Å². The highest BCUT2D eigenvalue weighted by atomic mass is 32.1. The molecule has 0 unspecified atom stereocenters. The number of rotatable bonds is 2. The number of fused-ring (bicyclic) bond motifs is 1. The molecule has 1 amide bonds. The zero-order chi connectivity index (χ0) is 18.3. The van der Waals surface area contributed by atoms with Gasteiger partial charge in [-0.3, -0.25) is 4.79 Å². The van der Waals surface area contributed by atoms with Gasteiger partial charge in [0.25, 0.3) is 5.91 Å². The van der Waals surface area contributed by atoms with Crippen LogP contribution in [0.2, 0.25) is 0 Å². The Hall–Kier alpha value is -1.73. The second-order valence-electron chi connectivity index (χ2n) is 7.72. The summed E-state index contributed by atoms with van der Waals surface area (Å²) in [5, 5.41) is 1.07. The molecular weight excluding hydrogens is 346 g/mol. The standard InChI is InChI=1S/C19H27N5OS/c1-13-5-4-6-24(11-13)19(25)16-14(2)15-17(20-12-21-18(15)26-16)23-9-7-22(3)8-10-23/h12-13H,4-11H2,1-3H3/t13-/m0/s1. The molecule has 0 radical (unpaired) electrons. The van der Waals surface area contributed by atoms with Crippen LogP contribution in [0.3, 0.4) is 0 Å². The molecule has 7 heteroatoms. The van der Waals surface area contributed by atoms with Crippen molar-refractivity contribution in [2.75, 3.05) is 51.2 Å². The van der Waals surface area contributed by atoms with E-state index in [1.807, 2.05) is 4.90 Å². The van der Waals surface area contributed by atoms with Crippen molar-refractivity contribution in [1.82, 2.24) is 19.8 Å². The SMILES string of the molecule is Cc1c(C(=O)N2CCC[C@H](C)C2)sc2ncnc(N3CCN(C)CC3)c12. The highest BCUT2D eigenvalue weighted by Gasteiger charge is 2.28. The number of aryl methyl sites for hydroxylation is 1. The summed E-state index contributed by atoms with van der Waals surface area (Å²) in [6, 6.07) is 0. The number of likely N-dealkylation sites (N-methyl/N-ethyl adjacent to an activating group) is 1. The van der Waals surface area contributed by atoms with Crippen molar-refractivity contribution < 1.29 is 4.79 Å². The van der Waals surface area contributed by atoms with Gasteiger partial charge in [-0.25, -0.2) is 9.97 Å². The van der Waals surface area contributed by atoms with E-state index in [1.165, 1.54) is 17.8 Å². The topological polar surface area (TPSA) is 52.6 Å². The van der Waals surface area contributed by atoms with Crippen molar-refractivity contribution in [3.8, 4) is 0 Å². The number of amides is 1. The van der Waals surface area contributed by atoms with Crippen LogP contribution in [0.15, 0.2) is 6.33 Å². The van der Waals surface area contributed by atoms with Gasteiger partial charge in [-0.2, -0.15) is 0 Å². The monoisotopic (exact) mass is 373 g/mol. The summed E-state index contributed by atoms with van der Waals surface area (Å²) in [5.74, 6) is 1.74. The number of nitrogens with zero attached hydrogens (tertiary/aromatic N) is 5. The van der Waals surface area contributed by atoms with Crippen molar-refractivity contribution in [2.24, 2.45) is 5.92 Å². The summed E-state index contributed by atoms with van der Waals surface area (Å²) >= 11 is 1.53. The zero-order valence-electron chi connectivity index (χ0n) is 15.9. The van der Waals surface area contributed by atoms with E-state index in [1.54, 1.807) is 6.33 Å². The Labute approximate surface area is 158 Å². The number of likely N-dealkylation sites (tertiary alicyclic amines) is 1. The first-order chi connectivity index (χ1) is 12.5. The molecule has 2 fully saturated rings. The predicted octanol–water partition coefficient (Wildman–Crippen LogP) is 2.62. The summed E-state index contributed by atoms with van der Waals surface area (Å²) in [7, 11) is 2.15. The van der Waals surface area contributed by atoms with Gasteiger partial charge in [0.2, 0.25) is 0 Å². The molecule has 0 N–H and O–H groups in total. The molecule has 2 aliphatic rings. The van der Waals surface area contributed by atoms with Gasteiger partial charge >= 0.3 is 0 Å². The van der Waals surface area contributed by atoms with Crippen LogP contribution < -0.4 is 4.90 Å². The van der Waals surface area contributed by atoms with Crippen molar-refractivity contribution >= 4 is 33.3 Å². The summed E-state index contributed by atoms with van der Waals surface area (Å²) in [4.78, 5) is 30.7. The maximum Gasteiger partial charge on any atom is 0.264 e. The van der Waals surface area contributed by atoms with Crippen LogP contribution >= 0.6 is 11.3 Å². The molecule has 2 aromatic rings. The first kappa shape index (κ1) is 17.7. The summed E-state index contributed by atoms with van der Waals surface area (Å²) in [6.45, 7) is 10.0. The number of piperidine rings is 1. The summed E-state index contributed by atoms with van der Waals surface area (Å²) in [6.07, 6.45) is 3.96. The van der Waals surface area contributed by atoms with Gasteiger partial charge in [-0.15, -0.1) is 11.3 Å². The van der Waals surface area contributed by atoms with E-state index in [0.29, 0.717) is 5.92 Å². The lowest BCUT2D eigenvalue weighted by Gasteiger charge is -2.33. The minimum Gasteiger partial charge on any atom is -0.353 e. The van der Waals surface area contributed by atoms with Crippen molar-refractivity contribution in [3.05, 3.63) is 16.8 Å². The van der Waals surface area contributed by atoms with Crippen LogP contribution in [-0.2, 0) is 0 Å². The fourth-order valence-corrected chi connectivity index (χ4v) is 5.14. The van der Waals surface area contributed by atoms with Crippen LogP contribution in [0, 0.1) is 12.8 Å². The molecule has 0 bridgehead atoms. The predicted molar refractivity (Wildman–Crippen MR) is 106 cm³/mol. The van der Waals surface area contributed by atoms with E-state index in [2.05, 4.69) is 40.7 Å². The Bertz CT molecular complexity index is 812. The van der Waals surface area contributed by atoms with E-state index in [9.17, 15) is 4.79 Å². The summed E-state index contributed by atoms with van der Waals surface area (Å²) < 4.78 is 0. The number of piperazine rings is 1. The maximum atomic E-state index is 13.1. The number of hydrogen-bond acceptors (Lipinski definition) is 6. The van der Waals surface area contributed by atoms with Crippen molar-refractivity contribution in [1.29, 1.82) is 0 Å². The largest absolute Gasteiger partial charge is 0.353 e. The van der Waals surface area contributed by atoms with Gasteiger partial charge in [0.15, 0.2) is 0 Å². The molecule has 26 heavy (non-hydrogen) atoms. The van der Waals surface area contributed by atoms with Gasteiger partial charge in [-0.1, -0.05) is 6.92 Å². The Morgan fingerprint density at radius 3 is 2.69 bits per heavy atom. The van der Waals surface area contributed by atoms with E-state index in [-0.39, 0.29) is 5.91 Å². The average molecular weight is 374 g/mol. The number of anilines is 1. The fraction of sp³-hybridized carbons (Fsp3) is 0.632. The lowest BCUT2D eigenvalue weighted by Crippen LogP contribution is -2.44. The number of carbonyl (C=O) groups is 1. The minimum absolute atomic E-state index is 0.168. The first-order valence-corrected chi connectivity index (χ1v) is 10.3. The Kier molecular flexibility index (Phi) is 4.84. The van der Waals surface area contributed by atoms with Gasteiger partial charge in [0, 0.05) is 39.3 Å². The second kappa shape index (κ2) is 7.12. The quantitative estimate of drug-likeness (QED) is 0.810. The first-order valence-electron chi connectivity index (χ1n) is 9.51. The molecule has 2 aliphatic heterocycles. The van der Waals surface area contributed by atoms with Crippen LogP contribution in [-0.4, -0.2) is 72.0 Å². The third-order valence-corrected chi connectivity index (χ3v) is 6.84. The molecule has 4 rings (SSSR count). The number of aromatic nitrogens is 2. The number of hydrogen-bond donors (Lipinski definition) is 0. The smallest absolute Gasteiger partial charge is 0.264 e. The van der Waals surface area contributed by atoms with Crippen LogP contribution in [0.1, 0.15) is 35.0 Å². The molecule has 0 spiro atoms. The van der Waals surface area contributed by atoms with Gasteiger partial charge in [-0.05, 0) is 38.3 Å². The zero-order valence-corrected chi connectivity index (χ0v) is 16.7. The molecule has 140 valence electrons. The molecule has 2 aromatic heterocycles. The molecule has 1 atom stereocenters. The molecule has 0 aliphatic carbocycles. The van der Waals surface area contributed by atoms with Crippen molar-refractivity contribution in [3.63, 3.8) is 0 Å². The molecular formula is C19H27N5OS. The van der Waals surface area contributed by atoms with E-state index >= 15 is 0 Å². The van der Waals surface area contributed by atoms with Gasteiger partial charge < -0.3 is 14.7 Å².